The summed E-state index contributed by atoms with van der Waals surface area (Å²) in [7, 11) is 3.37. The van der Waals surface area contributed by atoms with Gasteiger partial charge >= 0.3 is 0 Å². The van der Waals surface area contributed by atoms with Crippen molar-refractivity contribution in [1.82, 2.24) is 4.90 Å². The minimum atomic E-state index is -0.469. The van der Waals surface area contributed by atoms with Crippen LogP contribution in [0.2, 0.25) is 0 Å². The Labute approximate surface area is 135 Å². The minimum absolute atomic E-state index is 0. The van der Waals surface area contributed by atoms with E-state index >= 15 is 0 Å². The molecule has 6 heteroatoms. The number of carbonyl (C=O) groups is 1. The van der Waals surface area contributed by atoms with Crippen molar-refractivity contribution in [3.63, 3.8) is 0 Å². The first-order valence-corrected chi connectivity index (χ1v) is 6.99. The van der Waals surface area contributed by atoms with Gasteiger partial charge in [0.05, 0.1) is 13.2 Å². The van der Waals surface area contributed by atoms with Crippen LogP contribution in [0, 0.1) is 5.92 Å². The van der Waals surface area contributed by atoms with Gasteiger partial charge in [-0.05, 0) is 24.1 Å². The number of hydrogen-bond donors (Lipinski definition) is 1. The van der Waals surface area contributed by atoms with Crippen LogP contribution in [-0.2, 0) is 11.3 Å². The van der Waals surface area contributed by atoms with E-state index in [2.05, 4.69) is 15.9 Å². The predicted molar refractivity (Wildman–Crippen MR) is 87.2 cm³/mol. The molecule has 0 unspecified atom stereocenters. The smallest absolute Gasteiger partial charge is 0.239 e. The summed E-state index contributed by atoms with van der Waals surface area (Å²) < 4.78 is 6.25. The minimum Gasteiger partial charge on any atom is -0.496 e. The third-order valence-corrected chi connectivity index (χ3v) is 3.52. The maximum Gasteiger partial charge on any atom is 0.239 e. The van der Waals surface area contributed by atoms with Crippen LogP contribution < -0.4 is 10.5 Å². The Hall–Kier alpha value is -0.780. The van der Waals surface area contributed by atoms with Crippen LogP contribution in [0.25, 0.3) is 0 Å². The maximum atomic E-state index is 12.1. The van der Waals surface area contributed by atoms with E-state index in [4.69, 9.17) is 10.5 Å². The Morgan fingerprint density at radius 3 is 2.55 bits per heavy atom. The fraction of sp³-hybridized carbons (Fsp3) is 0.500. The Bertz CT molecular complexity index is 455. The number of hydrogen-bond acceptors (Lipinski definition) is 3. The van der Waals surface area contributed by atoms with Crippen molar-refractivity contribution in [3.05, 3.63) is 28.2 Å². The molecule has 114 valence electrons. The summed E-state index contributed by atoms with van der Waals surface area (Å²) in [5, 5.41) is 0. The van der Waals surface area contributed by atoms with Crippen LogP contribution in [0.5, 0.6) is 5.75 Å². The van der Waals surface area contributed by atoms with Crippen LogP contribution in [-0.4, -0.2) is 31.0 Å². The molecule has 0 heterocycles. The highest BCUT2D eigenvalue weighted by molar-refractivity contribution is 9.10. The van der Waals surface area contributed by atoms with Crippen molar-refractivity contribution in [2.75, 3.05) is 14.2 Å². The first kappa shape index (κ1) is 19.2. The highest BCUT2D eigenvalue weighted by Crippen LogP contribution is 2.24. The van der Waals surface area contributed by atoms with E-state index in [1.807, 2.05) is 32.0 Å². The topological polar surface area (TPSA) is 55.6 Å². The van der Waals surface area contributed by atoms with E-state index < -0.39 is 6.04 Å². The van der Waals surface area contributed by atoms with Crippen LogP contribution in [0.4, 0.5) is 0 Å². The third kappa shape index (κ3) is 4.96. The molecule has 0 saturated heterocycles. The SMILES string of the molecule is COc1ccc(Br)cc1CN(C)C(=O)[C@H](N)C(C)C.Cl. The monoisotopic (exact) mass is 364 g/mol. The highest BCUT2D eigenvalue weighted by atomic mass is 79.9. The number of rotatable bonds is 5. The van der Waals surface area contributed by atoms with Crippen molar-refractivity contribution in [1.29, 1.82) is 0 Å². The molecule has 0 fully saturated rings. The van der Waals surface area contributed by atoms with Gasteiger partial charge in [0.2, 0.25) is 5.91 Å². The molecule has 1 aromatic carbocycles. The molecule has 20 heavy (non-hydrogen) atoms. The van der Waals surface area contributed by atoms with E-state index in [1.54, 1.807) is 19.1 Å². The lowest BCUT2D eigenvalue weighted by molar-refractivity contribution is -0.132. The average molecular weight is 366 g/mol. The molecule has 0 spiro atoms. The number of benzene rings is 1. The molecule has 0 radical (unpaired) electrons. The van der Waals surface area contributed by atoms with E-state index in [-0.39, 0.29) is 24.2 Å². The third-order valence-electron chi connectivity index (χ3n) is 3.03. The molecule has 0 aliphatic rings. The van der Waals surface area contributed by atoms with Gasteiger partial charge in [-0.15, -0.1) is 12.4 Å². The van der Waals surface area contributed by atoms with Crippen molar-refractivity contribution in [2.24, 2.45) is 11.7 Å². The summed E-state index contributed by atoms with van der Waals surface area (Å²) in [4.78, 5) is 13.8. The number of carbonyl (C=O) groups excluding carboxylic acids is 1. The molecule has 0 aromatic heterocycles. The van der Waals surface area contributed by atoms with Gasteiger partial charge in [-0.2, -0.15) is 0 Å². The number of likely N-dealkylation sites (N-methyl/N-ethyl adjacent to an activating group) is 1. The van der Waals surface area contributed by atoms with Gasteiger partial charge in [0.1, 0.15) is 5.75 Å². The Kier molecular flexibility index (Phi) is 8.16. The molecule has 4 nitrogen and oxygen atoms in total. The highest BCUT2D eigenvalue weighted by Gasteiger charge is 2.21. The van der Waals surface area contributed by atoms with Crippen LogP contribution in [0.15, 0.2) is 22.7 Å². The second-order valence-corrected chi connectivity index (χ2v) is 5.84. The van der Waals surface area contributed by atoms with E-state index in [9.17, 15) is 4.79 Å². The summed E-state index contributed by atoms with van der Waals surface area (Å²) in [6, 6.07) is 5.26. The standard InChI is InChI=1S/C14H21BrN2O2.ClH/c1-9(2)13(16)14(18)17(3)8-10-7-11(15)5-6-12(10)19-4;/h5-7,9,13H,8,16H2,1-4H3;1H/t13-;/m1./s1. The molecule has 1 amide bonds. The first-order valence-electron chi connectivity index (χ1n) is 6.19. The molecule has 0 saturated carbocycles. The van der Waals surface area contributed by atoms with Gasteiger partial charge in [0.15, 0.2) is 0 Å². The van der Waals surface area contributed by atoms with E-state index in [0.29, 0.717) is 6.54 Å². The lowest BCUT2D eigenvalue weighted by atomic mass is 10.0. The molecular formula is C14H22BrClN2O2. The molecule has 1 rings (SSSR count). The Morgan fingerprint density at radius 1 is 1.45 bits per heavy atom. The van der Waals surface area contributed by atoms with Crippen LogP contribution >= 0.6 is 28.3 Å². The van der Waals surface area contributed by atoms with Gasteiger partial charge in [-0.3, -0.25) is 4.79 Å². The first-order chi connectivity index (χ1) is 8.86. The molecule has 0 aliphatic carbocycles. The number of halogens is 2. The van der Waals surface area contributed by atoms with Crippen molar-refractivity contribution in [2.45, 2.75) is 26.4 Å². The van der Waals surface area contributed by atoms with Gasteiger partial charge < -0.3 is 15.4 Å². The molecule has 0 bridgehead atoms. The summed E-state index contributed by atoms with van der Waals surface area (Å²) in [6.07, 6.45) is 0. The van der Waals surface area contributed by atoms with Gasteiger partial charge in [-0.25, -0.2) is 0 Å². The van der Waals surface area contributed by atoms with Crippen LogP contribution in [0.3, 0.4) is 0 Å². The molecular weight excluding hydrogens is 344 g/mol. The van der Waals surface area contributed by atoms with E-state index in [0.717, 1.165) is 15.8 Å². The lowest BCUT2D eigenvalue weighted by Gasteiger charge is -2.24. The zero-order valence-corrected chi connectivity index (χ0v) is 14.6. The van der Waals surface area contributed by atoms with Crippen molar-refractivity contribution >= 4 is 34.2 Å². The van der Waals surface area contributed by atoms with Gasteiger partial charge in [0.25, 0.3) is 0 Å². The number of ether oxygens (including phenoxy) is 1. The van der Waals surface area contributed by atoms with Gasteiger partial charge in [-0.1, -0.05) is 29.8 Å². The fourth-order valence-corrected chi connectivity index (χ4v) is 2.15. The maximum absolute atomic E-state index is 12.1. The largest absolute Gasteiger partial charge is 0.496 e. The number of methoxy groups -OCH3 is 1. The zero-order valence-electron chi connectivity index (χ0n) is 12.2. The normalized spacial score (nSPS) is 11.8. The predicted octanol–water partition coefficient (Wildman–Crippen LogP) is 2.82. The van der Waals surface area contributed by atoms with Gasteiger partial charge in [0, 0.05) is 23.6 Å². The van der Waals surface area contributed by atoms with Crippen LogP contribution in [0.1, 0.15) is 19.4 Å². The summed E-state index contributed by atoms with van der Waals surface area (Å²) in [5.74, 6) is 0.831. The van der Waals surface area contributed by atoms with Crippen molar-refractivity contribution in [3.8, 4) is 5.75 Å². The van der Waals surface area contributed by atoms with E-state index in [1.165, 1.54) is 0 Å². The molecule has 1 atom stereocenters. The lowest BCUT2D eigenvalue weighted by Crippen LogP contribution is -2.44. The Morgan fingerprint density at radius 2 is 2.05 bits per heavy atom. The summed E-state index contributed by atoms with van der Waals surface area (Å²) in [5.41, 5.74) is 6.83. The summed E-state index contributed by atoms with van der Waals surface area (Å²) >= 11 is 3.42. The second kappa shape index (κ2) is 8.49. The molecule has 2 N–H and O–H groups in total. The van der Waals surface area contributed by atoms with Crippen molar-refractivity contribution < 1.29 is 9.53 Å². The second-order valence-electron chi connectivity index (χ2n) is 4.92. The number of nitrogens with two attached hydrogens (primary N) is 1. The number of nitrogens with zero attached hydrogens (tertiary/aromatic N) is 1. The fourth-order valence-electron chi connectivity index (χ4n) is 1.74. The summed E-state index contributed by atoms with van der Waals surface area (Å²) in [6.45, 7) is 4.36. The quantitative estimate of drug-likeness (QED) is 0.873. The number of amides is 1. The molecule has 0 aliphatic heterocycles. The Balaban J connectivity index is 0.00000361. The zero-order chi connectivity index (χ0) is 14.6. The average Bonchev–Trinajstić information content (AvgIpc) is 2.37. The molecule has 1 aromatic rings.